The molecule has 2 saturated heterocycles. The summed E-state index contributed by atoms with van der Waals surface area (Å²) in [6.45, 7) is 8.33. The summed E-state index contributed by atoms with van der Waals surface area (Å²) in [5.74, 6) is 0.555. The standard InChI is InChI=1S/C17H24ClN3O2/c1-13-2-3-15(18)10-16(13)19-17(22)21-5-4-14(12-21)11-20-6-8-23-9-7-20/h2-3,10,14H,4-9,11-12H2,1H3,(H,19,22)/t14-/m0/s1. The molecule has 1 aromatic rings. The van der Waals surface area contributed by atoms with E-state index in [-0.39, 0.29) is 6.03 Å². The molecule has 1 atom stereocenters. The van der Waals surface area contributed by atoms with Crippen LogP contribution in [0.25, 0.3) is 0 Å². The van der Waals surface area contributed by atoms with Gasteiger partial charge in [-0.15, -0.1) is 0 Å². The fourth-order valence-electron chi connectivity index (χ4n) is 3.24. The van der Waals surface area contributed by atoms with Crippen molar-refractivity contribution in [2.75, 3.05) is 51.3 Å². The van der Waals surface area contributed by atoms with Crippen LogP contribution in [0.4, 0.5) is 10.5 Å². The molecule has 0 bridgehead atoms. The number of carbonyl (C=O) groups excluding carboxylic acids is 1. The van der Waals surface area contributed by atoms with Crippen LogP contribution in [0.3, 0.4) is 0 Å². The van der Waals surface area contributed by atoms with Gasteiger partial charge in [0.2, 0.25) is 0 Å². The maximum absolute atomic E-state index is 12.5. The Morgan fingerprint density at radius 1 is 1.35 bits per heavy atom. The molecule has 2 aliphatic rings. The Morgan fingerprint density at radius 3 is 2.91 bits per heavy atom. The number of likely N-dealkylation sites (tertiary alicyclic amines) is 1. The molecule has 2 fully saturated rings. The lowest BCUT2D eigenvalue weighted by Gasteiger charge is -2.29. The van der Waals surface area contributed by atoms with Crippen molar-refractivity contribution in [1.29, 1.82) is 0 Å². The van der Waals surface area contributed by atoms with Crippen LogP contribution in [0.5, 0.6) is 0 Å². The molecule has 6 heteroatoms. The van der Waals surface area contributed by atoms with E-state index in [0.717, 1.165) is 63.6 Å². The number of anilines is 1. The number of benzene rings is 1. The second kappa shape index (κ2) is 7.51. The second-order valence-corrected chi connectivity index (χ2v) is 6.84. The first-order chi connectivity index (χ1) is 11.1. The number of aryl methyl sites for hydroxylation is 1. The van der Waals surface area contributed by atoms with Gasteiger partial charge < -0.3 is 15.0 Å². The molecular weight excluding hydrogens is 314 g/mol. The predicted molar refractivity (Wildman–Crippen MR) is 92.1 cm³/mol. The lowest BCUT2D eigenvalue weighted by Crippen LogP contribution is -2.40. The number of nitrogens with one attached hydrogen (secondary N) is 1. The van der Waals surface area contributed by atoms with Crippen LogP contribution in [0.1, 0.15) is 12.0 Å². The summed E-state index contributed by atoms with van der Waals surface area (Å²) in [6, 6.07) is 5.53. The first-order valence-electron chi connectivity index (χ1n) is 8.24. The Labute approximate surface area is 142 Å². The van der Waals surface area contributed by atoms with Crippen LogP contribution in [-0.2, 0) is 4.74 Å². The summed E-state index contributed by atoms with van der Waals surface area (Å²) in [6.07, 6.45) is 1.07. The fourth-order valence-corrected chi connectivity index (χ4v) is 3.41. The van der Waals surface area contributed by atoms with Crippen molar-refractivity contribution in [1.82, 2.24) is 9.80 Å². The van der Waals surface area contributed by atoms with E-state index >= 15 is 0 Å². The number of ether oxygens (including phenoxy) is 1. The molecule has 2 amide bonds. The third kappa shape index (κ3) is 4.37. The van der Waals surface area contributed by atoms with Gasteiger partial charge in [0.15, 0.2) is 0 Å². The summed E-state index contributed by atoms with van der Waals surface area (Å²) in [5.41, 5.74) is 1.81. The number of urea groups is 1. The average Bonchev–Trinajstić information content (AvgIpc) is 3.00. The van der Waals surface area contributed by atoms with Gasteiger partial charge in [0.1, 0.15) is 0 Å². The van der Waals surface area contributed by atoms with Crippen LogP contribution < -0.4 is 5.32 Å². The highest BCUT2D eigenvalue weighted by Crippen LogP contribution is 2.23. The molecule has 0 saturated carbocycles. The zero-order valence-electron chi connectivity index (χ0n) is 13.6. The predicted octanol–water partition coefficient (Wildman–Crippen LogP) is 2.83. The third-order valence-corrected chi connectivity index (χ3v) is 4.87. The SMILES string of the molecule is Cc1ccc(Cl)cc1NC(=O)N1CC[C@@H](CN2CCOCC2)C1. The van der Waals surface area contributed by atoms with E-state index in [0.29, 0.717) is 10.9 Å². The minimum atomic E-state index is -0.0279. The molecule has 3 rings (SSSR count). The normalized spacial score (nSPS) is 22.3. The summed E-state index contributed by atoms with van der Waals surface area (Å²) in [5, 5.41) is 3.62. The lowest BCUT2D eigenvalue weighted by atomic mass is 10.1. The molecule has 126 valence electrons. The number of nitrogens with zero attached hydrogens (tertiary/aromatic N) is 2. The molecule has 23 heavy (non-hydrogen) atoms. The summed E-state index contributed by atoms with van der Waals surface area (Å²) in [7, 11) is 0. The van der Waals surface area contributed by atoms with Crippen molar-refractivity contribution in [3.05, 3.63) is 28.8 Å². The van der Waals surface area contributed by atoms with E-state index in [1.54, 1.807) is 6.07 Å². The van der Waals surface area contributed by atoms with Crippen LogP contribution in [0, 0.1) is 12.8 Å². The molecule has 0 aromatic heterocycles. The second-order valence-electron chi connectivity index (χ2n) is 6.40. The number of amides is 2. The highest BCUT2D eigenvalue weighted by atomic mass is 35.5. The summed E-state index contributed by atoms with van der Waals surface area (Å²) >= 11 is 6.01. The van der Waals surface area contributed by atoms with E-state index in [9.17, 15) is 4.79 Å². The van der Waals surface area contributed by atoms with Gasteiger partial charge in [0, 0.05) is 43.4 Å². The Hall–Kier alpha value is -1.30. The van der Waals surface area contributed by atoms with Crippen molar-refractivity contribution in [3.8, 4) is 0 Å². The van der Waals surface area contributed by atoms with Gasteiger partial charge in [0.25, 0.3) is 0 Å². The lowest BCUT2D eigenvalue weighted by molar-refractivity contribution is 0.0314. The molecule has 0 unspecified atom stereocenters. The summed E-state index contributed by atoms with van der Waals surface area (Å²) < 4.78 is 5.38. The molecule has 0 aliphatic carbocycles. The van der Waals surface area contributed by atoms with Gasteiger partial charge in [-0.2, -0.15) is 0 Å². The molecule has 0 radical (unpaired) electrons. The quantitative estimate of drug-likeness (QED) is 0.922. The maximum Gasteiger partial charge on any atom is 0.321 e. The molecular formula is C17H24ClN3O2. The van der Waals surface area contributed by atoms with Gasteiger partial charge in [-0.1, -0.05) is 17.7 Å². The number of rotatable bonds is 3. The Bertz CT molecular complexity index is 561. The topological polar surface area (TPSA) is 44.8 Å². The van der Waals surface area contributed by atoms with Crippen LogP contribution in [-0.4, -0.2) is 61.8 Å². The molecule has 2 aliphatic heterocycles. The molecule has 0 spiro atoms. The van der Waals surface area contributed by atoms with Crippen molar-refractivity contribution in [2.45, 2.75) is 13.3 Å². The van der Waals surface area contributed by atoms with E-state index < -0.39 is 0 Å². The number of morpholine rings is 1. The van der Waals surface area contributed by atoms with E-state index in [1.807, 2.05) is 24.0 Å². The highest BCUT2D eigenvalue weighted by molar-refractivity contribution is 6.31. The van der Waals surface area contributed by atoms with Crippen LogP contribution >= 0.6 is 11.6 Å². The zero-order valence-corrected chi connectivity index (χ0v) is 14.3. The molecule has 2 heterocycles. The Kier molecular flexibility index (Phi) is 5.41. The van der Waals surface area contributed by atoms with Crippen LogP contribution in [0.15, 0.2) is 18.2 Å². The first kappa shape index (κ1) is 16.6. The minimum Gasteiger partial charge on any atom is -0.379 e. The van der Waals surface area contributed by atoms with Gasteiger partial charge >= 0.3 is 6.03 Å². The average molecular weight is 338 g/mol. The largest absolute Gasteiger partial charge is 0.379 e. The van der Waals surface area contributed by atoms with Gasteiger partial charge in [-0.25, -0.2) is 4.79 Å². The van der Waals surface area contributed by atoms with Crippen molar-refractivity contribution in [2.24, 2.45) is 5.92 Å². The van der Waals surface area contributed by atoms with Crippen molar-refractivity contribution >= 4 is 23.3 Å². The van der Waals surface area contributed by atoms with E-state index in [2.05, 4.69) is 10.2 Å². The number of carbonyl (C=O) groups is 1. The first-order valence-corrected chi connectivity index (χ1v) is 8.62. The van der Waals surface area contributed by atoms with E-state index in [4.69, 9.17) is 16.3 Å². The van der Waals surface area contributed by atoms with Gasteiger partial charge in [-0.05, 0) is 37.0 Å². The maximum atomic E-state index is 12.5. The number of halogens is 1. The van der Waals surface area contributed by atoms with Crippen molar-refractivity contribution in [3.63, 3.8) is 0 Å². The minimum absolute atomic E-state index is 0.0279. The molecule has 5 nitrogen and oxygen atoms in total. The monoisotopic (exact) mass is 337 g/mol. The van der Waals surface area contributed by atoms with Crippen LogP contribution in [0.2, 0.25) is 5.02 Å². The summed E-state index contributed by atoms with van der Waals surface area (Å²) in [4.78, 5) is 16.8. The Morgan fingerprint density at radius 2 is 2.13 bits per heavy atom. The van der Waals surface area contributed by atoms with E-state index in [1.165, 1.54) is 0 Å². The zero-order chi connectivity index (χ0) is 16.2. The Balaban J connectivity index is 1.51. The number of hydrogen-bond donors (Lipinski definition) is 1. The highest BCUT2D eigenvalue weighted by Gasteiger charge is 2.28. The third-order valence-electron chi connectivity index (χ3n) is 4.63. The smallest absolute Gasteiger partial charge is 0.321 e. The molecule has 1 N–H and O–H groups in total. The fraction of sp³-hybridized carbons (Fsp3) is 0.588. The van der Waals surface area contributed by atoms with Gasteiger partial charge in [-0.3, -0.25) is 4.90 Å². The number of hydrogen-bond acceptors (Lipinski definition) is 3. The van der Waals surface area contributed by atoms with Gasteiger partial charge in [0.05, 0.1) is 13.2 Å². The van der Waals surface area contributed by atoms with Crippen molar-refractivity contribution < 1.29 is 9.53 Å². The molecule has 1 aromatic carbocycles.